The largest absolute Gasteiger partial charge is 0.352 e. The average molecular weight is 429 g/mol. The van der Waals surface area contributed by atoms with Crippen molar-refractivity contribution >= 4 is 15.9 Å². The quantitative estimate of drug-likeness (QED) is 0.782. The fourth-order valence-electron chi connectivity index (χ4n) is 4.04. The van der Waals surface area contributed by atoms with Crippen molar-refractivity contribution in [3.8, 4) is 0 Å². The molecule has 1 heterocycles. The molecule has 0 aliphatic carbocycles. The third-order valence-electron chi connectivity index (χ3n) is 6.19. The van der Waals surface area contributed by atoms with E-state index in [4.69, 9.17) is 0 Å². The van der Waals surface area contributed by atoms with Gasteiger partial charge in [-0.1, -0.05) is 35.9 Å². The first-order valence-corrected chi connectivity index (χ1v) is 11.9. The number of nitrogens with zero attached hydrogens (tertiary/aromatic N) is 1. The molecule has 0 spiro atoms. The SMILES string of the molecule is Cc1ccc(CNC(=O)C2(C)CCCN(S(=O)(=O)c3cc(C)c(C)cc3C)C2)cc1. The molecule has 3 rings (SSSR count). The minimum absolute atomic E-state index is 0.0974. The van der Waals surface area contributed by atoms with E-state index in [-0.39, 0.29) is 12.5 Å². The van der Waals surface area contributed by atoms with E-state index in [1.807, 2.05) is 65.0 Å². The van der Waals surface area contributed by atoms with Gasteiger partial charge in [-0.2, -0.15) is 4.31 Å². The maximum Gasteiger partial charge on any atom is 0.243 e. The first-order chi connectivity index (χ1) is 14.0. The molecular formula is C24H32N2O3S. The van der Waals surface area contributed by atoms with Crippen molar-refractivity contribution in [1.82, 2.24) is 9.62 Å². The van der Waals surface area contributed by atoms with E-state index in [1.54, 1.807) is 6.07 Å². The fourth-order valence-corrected chi connectivity index (χ4v) is 5.93. The van der Waals surface area contributed by atoms with Crippen LogP contribution in [0.2, 0.25) is 0 Å². The van der Waals surface area contributed by atoms with E-state index in [1.165, 1.54) is 9.87 Å². The molecule has 1 fully saturated rings. The molecule has 1 amide bonds. The second-order valence-corrected chi connectivity index (χ2v) is 10.8. The number of carbonyl (C=O) groups excluding carboxylic acids is 1. The molecule has 0 aromatic heterocycles. The van der Waals surface area contributed by atoms with Crippen LogP contribution in [0, 0.1) is 33.1 Å². The molecule has 162 valence electrons. The summed E-state index contributed by atoms with van der Waals surface area (Å²) in [6.07, 6.45) is 1.34. The van der Waals surface area contributed by atoms with E-state index in [2.05, 4.69) is 5.32 Å². The zero-order valence-corrected chi connectivity index (χ0v) is 19.4. The van der Waals surface area contributed by atoms with Gasteiger partial charge in [0.2, 0.25) is 15.9 Å². The highest BCUT2D eigenvalue weighted by molar-refractivity contribution is 7.89. The summed E-state index contributed by atoms with van der Waals surface area (Å²) >= 11 is 0. The lowest BCUT2D eigenvalue weighted by Crippen LogP contribution is -2.51. The van der Waals surface area contributed by atoms with Crippen LogP contribution in [-0.4, -0.2) is 31.7 Å². The topological polar surface area (TPSA) is 66.5 Å². The highest BCUT2D eigenvalue weighted by atomic mass is 32.2. The third kappa shape index (κ3) is 4.60. The van der Waals surface area contributed by atoms with Crippen molar-refractivity contribution in [3.05, 3.63) is 64.2 Å². The number of aryl methyl sites for hydroxylation is 4. The number of hydrogen-bond acceptors (Lipinski definition) is 3. The molecule has 2 aromatic rings. The Morgan fingerprint density at radius 2 is 1.67 bits per heavy atom. The Morgan fingerprint density at radius 3 is 2.33 bits per heavy atom. The first kappa shape index (κ1) is 22.5. The van der Waals surface area contributed by atoms with Gasteiger partial charge in [-0.15, -0.1) is 0 Å². The van der Waals surface area contributed by atoms with Gasteiger partial charge in [0.15, 0.2) is 0 Å². The summed E-state index contributed by atoms with van der Waals surface area (Å²) in [6, 6.07) is 11.7. The zero-order valence-electron chi connectivity index (χ0n) is 18.6. The molecule has 1 saturated heterocycles. The summed E-state index contributed by atoms with van der Waals surface area (Å²) in [4.78, 5) is 13.3. The van der Waals surface area contributed by atoms with Crippen LogP contribution in [0.25, 0.3) is 0 Å². The molecule has 0 bridgehead atoms. The molecule has 5 nitrogen and oxygen atoms in total. The Labute approximate surface area is 180 Å². The van der Waals surface area contributed by atoms with Gasteiger partial charge in [0, 0.05) is 19.6 Å². The lowest BCUT2D eigenvalue weighted by Gasteiger charge is -2.38. The molecule has 1 unspecified atom stereocenters. The maximum absolute atomic E-state index is 13.4. The molecule has 1 aliphatic heterocycles. The smallest absolute Gasteiger partial charge is 0.243 e. The van der Waals surface area contributed by atoms with Crippen molar-refractivity contribution in [2.75, 3.05) is 13.1 Å². The highest BCUT2D eigenvalue weighted by Crippen LogP contribution is 2.34. The molecule has 0 radical (unpaired) electrons. The van der Waals surface area contributed by atoms with Gasteiger partial charge in [-0.05, 0) is 75.8 Å². The van der Waals surface area contributed by atoms with E-state index in [9.17, 15) is 13.2 Å². The van der Waals surface area contributed by atoms with Crippen LogP contribution in [0.1, 0.15) is 47.6 Å². The lowest BCUT2D eigenvalue weighted by atomic mass is 9.82. The fraction of sp³-hybridized carbons (Fsp3) is 0.458. The number of carbonyl (C=O) groups is 1. The van der Waals surface area contributed by atoms with Gasteiger partial charge in [0.25, 0.3) is 0 Å². The van der Waals surface area contributed by atoms with Crippen molar-refractivity contribution in [3.63, 3.8) is 0 Å². The third-order valence-corrected chi connectivity index (χ3v) is 8.18. The zero-order chi connectivity index (χ0) is 22.1. The van der Waals surface area contributed by atoms with Crippen LogP contribution in [0.15, 0.2) is 41.3 Å². The van der Waals surface area contributed by atoms with Gasteiger partial charge < -0.3 is 5.32 Å². The van der Waals surface area contributed by atoms with Gasteiger partial charge in [-0.3, -0.25) is 4.79 Å². The summed E-state index contributed by atoms with van der Waals surface area (Å²) in [5.74, 6) is -0.0974. The highest BCUT2D eigenvalue weighted by Gasteiger charge is 2.42. The van der Waals surface area contributed by atoms with E-state index >= 15 is 0 Å². The first-order valence-electron chi connectivity index (χ1n) is 10.4. The number of sulfonamides is 1. The van der Waals surface area contributed by atoms with Crippen molar-refractivity contribution in [2.24, 2.45) is 5.41 Å². The number of nitrogens with one attached hydrogen (secondary N) is 1. The van der Waals surface area contributed by atoms with Crippen molar-refractivity contribution in [2.45, 2.75) is 58.9 Å². The molecule has 1 N–H and O–H groups in total. The van der Waals surface area contributed by atoms with Gasteiger partial charge in [0.1, 0.15) is 0 Å². The molecule has 1 aliphatic rings. The Kier molecular flexibility index (Phi) is 6.39. The summed E-state index contributed by atoms with van der Waals surface area (Å²) in [5.41, 5.74) is 4.23. The normalized spacial score (nSPS) is 20.2. The molecular weight excluding hydrogens is 396 g/mol. The van der Waals surface area contributed by atoms with E-state index in [0.717, 1.165) is 22.3 Å². The van der Waals surface area contributed by atoms with Gasteiger partial charge in [0.05, 0.1) is 10.3 Å². The molecule has 0 saturated carbocycles. The Balaban J connectivity index is 1.77. The lowest BCUT2D eigenvalue weighted by molar-refractivity contribution is -0.132. The summed E-state index contributed by atoms with van der Waals surface area (Å²) in [7, 11) is -3.66. The maximum atomic E-state index is 13.4. The van der Waals surface area contributed by atoms with Crippen molar-refractivity contribution in [1.29, 1.82) is 0 Å². The van der Waals surface area contributed by atoms with Crippen LogP contribution in [0.5, 0.6) is 0 Å². The summed E-state index contributed by atoms with van der Waals surface area (Å²) in [6.45, 7) is 10.7. The average Bonchev–Trinajstić information content (AvgIpc) is 2.70. The molecule has 6 heteroatoms. The van der Waals surface area contributed by atoms with E-state index < -0.39 is 15.4 Å². The van der Waals surface area contributed by atoms with Crippen molar-refractivity contribution < 1.29 is 13.2 Å². The van der Waals surface area contributed by atoms with E-state index in [0.29, 0.717) is 30.8 Å². The number of rotatable bonds is 5. The Morgan fingerprint density at radius 1 is 1.03 bits per heavy atom. The van der Waals surface area contributed by atoms with Crippen LogP contribution in [0.3, 0.4) is 0 Å². The van der Waals surface area contributed by atoms with Crippen LogP contribution < -0.4 is 5.32 Å². The summed E-state index contributed by atoms with van der Waals surface area (Å²) in [5, 5.41) is 3.01. The molecule has 30 heavy (non-hydrogen) atoms. The minimum atomic E-state index is -3.66. The van der Waals surface area contributed by atoms with Gasteiger partial charge >= 0.3 is 0 Å². The van der Waals surface area contributed by atoms with Crippen LogP contribution in [-0.2, 0) is 21.4 Å². The number of piperidine rings is 1. The number of hydrogen-bond donors (Lipinski definition) is 1. The molecule has 2 aromatic carbocycles. The standard InChI is InChI=1S/C24H32N2O3S/c1-17-7-9-21(10-8-17)15-25-23(27)24(5)11-6-12-26(16-24)30(28,29)22-14-19(3)18(2)13-20(22)4/h7-10,13-14H,6,11-12,15-16H2,1-5H3,(H,25,27). The predicted molar refractivity (Wildman–Crippen MR) is 120 cm³/mol. The number of amides is 1. The minimum Gasteiger partial charge on any atom is -0.352 e. The predicted octanol–water partition coefficient (Wildman–Crippen LogP) is 4.03. The summed E-state index contributed by atoms with van der Waals surface area (Å²) < 4.78 is 28.3. The monoisotopic (exact) mass is 428 g/mol. The molecule has 1 atom stereocenters. The Bertz CT molecular complexity index is 1040. The number of benzene rings is 2. The second-order valence-electron chi connectivity index (χ2n) is 8.87. The Hall–Kier alpha value is -2.18. The van der Waals surface area contributed by atoms with Crippen LogP contribution >= 0.6 is 0 Å². The second kappa shape index (κ2) is 8.52. The van der Waals surface area contributed by atoms with Gasteiger partial charge in [-0.25, -0.2) is 8.42 Å². The van der Waals surface area contributed by atoms with Crippen LogP contribution in [0.4, 0.5) is 0 Å².